The number of hydrogen-bond acceptors (Lipinski definition) is 2. The summed E-state index contributed by atoms with van der Waals surface area (Å²) in [6, 6.07) is 11.0. The topological polar surface area (TPSA) is 21.3 Å². The zero-order chi connectivity index (χ0) is 11.6. The quantitative estimate of drug-likeness (QED) is 0.681. The lowest BCUT2D eigenvalue weighted by atomic mass is 10.1. The van der Waals surface area contributed by atoms with Crippen LogP contribution < -0.4 is 5.32 Å². The molecule has 0 bridgehead atoms. The van der Waals surface area contributed by atoms with E-state index in [-0.39, 0.29) is 0 Å². The van der Waals surface area contributed by atoms with Gasteiger partial charge in [-0.3, -0.25) is 0 Å². The smallest absolute Gasteiger partial charge is 0.0462 e. The summed E-state index contributed by atoms with van der Waals surface area (Å²) in [7, 11) is 1.76. The van der Waals surface area contributed by atoms with Gasteiger partial charge in [0.15, 0.2) is 0 Å². The number of rotatable bonds is 8. The van der Waals surface area contributed by atoms with Crippen LogP contribution in [-0.4, -0.2) is 20.3 Å². The third-order valence-electron chi connectivity index (χ3n) is 2.78. The molecule has 1 rings (SSSR count). The standard InChI is InChI=1S/C14H23NO/c1-13(14-9-5-3-6-10-14)15-11-7-4-8-12-16-2/h3,5-6,9-10,13,15H,4,7-8,11-12H2,1-2H3. The fourth-order valence-electron chi connectivity index (χ4n) is 1.73. The van der Waals surface area contributed by atoms with Gasteiger partial charge in [0.1, 0.15) is 0 Å². The molecular weight excluding hydrogens is 198 g/mol. The molecule has 2 nitrogen and oxygen atoms in total. The number of benzene rings is 1. The Bertz CT molecular complexity index is 261. The van der Waals surface area contributed by atoms with Crippen LogP contribution in [0.4, 0.5) is 0 Å². The molecule has 1 N–H and O–H groups in total. The maximum atomic E-state index is 5.02. The second kappa shape index (κ2) is 8.31. The Morgan fingerprint density at radius 3 is 2.56 bits per heavy atom. The summed E-state index contributed by atoms with van der Waals surface area (Å²) in [6.45, 7) is 4.18. The SMILES string of the molecule is COCCCCCNC(C)c1ccccc1. The van der Waals surface area contributed by atoms with Gasteiger partial charge in [-0.2, -0.15) is 0 Å². The minimum Gasteiger partial charge on any atom is -0.385 e. The predicted molar refractivity (Wildman–Crippen MR) is 68.6 cm³/mol. The fraction of sp³-hybridized carbons (Fsp3) is 0.571. The minimum absolute atomic E-state index is 0.448. The highest BCUT2D eigenvalue weighted by molar-refractivity contribution is 5.17. The highest BCUT2D eigenvalue weighted by Gasteiger charge is 2.02. The van der Waals surface area contributed by atoms with Gasteiger partial charge < -0.3 is 10.1 Å². The first-order chi connectivity index (χ1) is 7.84. The van der Waals surface area contributed by atoms with E-state index in [0.717, 1.165) is 19.6 Å². The Morgan fingerprint density at radius 1 is 1.12 bits per heavy atom. The molecule has 0 saturated heterocycles. The lowest BCUT2D eigenvalue weighted by Gasteiger charge is -2.13. The normalized spacial score (nSPS) is 12.6. The molecule has 0 heterocycles. The van der Waals surface area contributed by atoms with Crippen molar-refractivity contribution < 1.29 is 4.74 Å². The van der Waals surface area contributed by atoms with E-state index >= 15 is 0 Å². The Morgan fingerprint density at radius 2 is 1.88 bits per heavy atom. The Labute approximate surface area is 99.0 Å². The van der Waals surface area contributed by atoms with Gasteiger partial charge in [-0.25, -0.2) is 0 Å². The number of methoxy groups -OCH3 is 1. The predicted octanol–water partition coefficient (Wildman–Crippen LogP) is 3.15. The van der Waals surface area contributed by atoms with Crippen LogP contribution in [0.25, 0.3) is 0 Å². The van der Waals surface area contributed by atoms with Crippen molar-refractivity contribution in [3.8, 4) is 0 Å². The van der Waals surface area contributed by atoms with Gasteiger partial charge in [-0.15, -0.1) is 0 Å². The summed E-state index contributed by atoms with van der Waals surface area (Å²) in [5, 5.41) is 3.53. The van der Waals surface area contributed by atoms with Crippen LogP contribution in [0.1, 0.15) is 37.8 Å². The molecular formula is C14H23NO. The van der Waals surface area contributed by atoms with Crippen LogP contribution in [-0.2, 0) is 4.74 Å². The second-order valence-corrected chi connectivity index (χ2v) is 4.14. The Kier molecular flexibility index (Phi) is 6.86. The highest BCUT2D eigenvalue weighted by atomic mass is 16.5. The molecule has 0 aromatic heterocycles. The van der Waals surface area contributed by atoms with Crippen LogP contribution in [0.15, 0.2) is 30.3 Å². The van der Waals surface area contributed by atoms with Gasteiger partial charge in [0.2, 0.25) is 0 Å². The van der Waals surface area contributed by atoms with Gasteiger partial charge in [-0.05, 0) is 38.3 Å². The van der Waals surface area contributed by atoms with Crippen LogP contribution >= 0.6 is 0 Å². The van der Waals surface area contributed by atoms with Crippen molar-refractivity contribution in [3.63, 3.8) is 0 Å². The van der Waals surface area contributed by atoms with Gasteiger partial charge in [0, 0.05) is 19.8 Å². The number of nitrogens with one attached hydrogen (secondary N) is 1. The molecule has 2 heteroatoms. The zero-order valence-corrected chi connectivity index (χ0v) is 10.4. The molecule has 0 fully saturated rings. The van der Waals surface area contributed by atoms with E-state index in [4.69, 9.17) is 4.74 Å². The molecule has 0 spiro atoms. The largest absolute Gasteiger partial charge is 0.385 e. The fourth-order valence-corrected chi connectivity index (χ4v) is 1.73. The second-order valence-electron chi connectivity index (χ2n) is 4.14. The molecule has 0 amide bonds. The van der Waals surface area contributed by atoms with Crippen molar-refractivity contribution in [2.75, 3.05) is 20.3 Å². The average molecular weight is 221 g/mol. The summed E-state index contributed by atoms with van der Waals surface area (Å²) >= 11 is 0. The Hall–Kier alpha value is -0.860. The first kappa shape index (κ1) is 13.2. The van der Waals surface area contributed by atoms with Crippen molar-refractivity contribution in [2.45, 2.75) is 32.2 Å². The Balaban J connectivity index is 2.09. The van der Waals surface area contributed by atoms with Crippen molar-refractivity contribution in [1.29, 1.82) is 0 Å². The minimum atomic E-state index is 0.448. The third-order valence-corrected chi connectivity index (χ3v) is 2.78. The van der Waals surface area contributed by atoms with Crippen molar-refractivity contribution in [1.82, 2.24) is 5.32 Å². The van der Waals surface area contributed by atoms with Gasteiger partial charge in [0.25, 0.3) is 0 Å². The molecule has 0 aliphatic heterocycles. The summed E-state index contributed by atoms with van der Waals surface area (Å²) in [4.78, 5) is 0. The molecule has 0 aliphatic rings. The van der Waals surface area contributed by atoms with Crippen LogP contribution in [0.5, 0.6) is 0 Å². The van der Waals surface area contributed by atoms with Crippen molar-refractivity contribution in [2.24, 2.45) is 0 Å². The van der Waals surface area contributed by atoms with Crippen LogP contribution in [0, 0.1) is 0 Å². The monoisotopic (exact) mass is 221 g/mol. The van der Waals surface area contributed by atoms with E-state index in [2.05, 4.69) is 42.6 Å². The van der Waals surface area contributed by atoms with E-state index in [1.807, 2.05) is 0 Å². The van der Waals surface area contributed by atoms with E-state index in [9.17, 15) is 0 Å². The number of unbranched alkanes of at least 4 members (excludes halogenated alkanes) is 2. The molecule has 1 aromatic carbocycles. The van der Waals surface area contributed by atoms with Crippen LogP contribution in [0.2, 0.25) is 0 Å². The maximum absolute atomic E-state index is 5.02. The summed E-state index contributed by atoms with van der Waals surface area (Å²) in [5.74, 6) is 0. The molecule has 16 heavy (non-hydrogen) atoms. The number of ether oxygens (including phenoxy) is 1. The van der Waals surface area contributed by atoms with Crippen LogP contribution in [0.3, 0.4) is 0 Å². The highest BCUT2D eigenvalue weighted by Crippen LogP contribution is 2.10. The zero-order valence-electron chi connectivity index (χ0n) is 10.4. The lowest BCUT2D eigenvalue weighted by molar-refractivity contribution is 0.192. The first-order valence-electron chi connectivity index (χ1n) is 6.12. The van der Waals surface area contributed by atoms with Crippen molar-refractivity contribution in [3.05, 3.63) is 35.9 Å². The molecule has 1 unspecified atom stereocenters. The van der Waals surface area contributed by atoms with E-state index < -0.39 is 0 Å². The van der Waals surface area contributed by atoms with E-state index in [0.29, 0.717) is 6.04 Å². The average Bonchev–Trinajstić information content (AvgIpc) is 2.34. The van der Waals surface area contributed by atoms with Crippen molar-refractivity contribution >= 4 is 0 Å². The van der Waals surface area contributed by atoms with E-state index in [1.54, 1.807) is 7.11 Å². The lowest BCUT2D eigenvalue weighted by Crippen LogP contribution is -2.19. The summed E-state index contributed by atoms with van der Waals surface area (Å²) in [6.07, 6.45) is 3.63. The molecule has 0 saturated carbocycles. The molecule has 0 radical (unpaired) electrons. The van der Waals surface area contributed by atoms with Gasteiger partial charge in [0.05, 0.1) is 0 Å². The summed E-state index contributed by atoms with van der Waals surface area (Å²) < 4.78 is 5.02. The van der Waals surface area contributed by atoms with E-state index in [1.165, 1.54) is 18.4 Å². The molecule has 90 valence electrons. The third kappa shape index (κ3) is 5.29. The first-order valence-corrected chi connectivity index (χ1v) is 6.12. The van der Waals surface area contributed by atoms with Gasteiger partial charge >= 0.3 is 0 Å². The van der Waals surface area contributed by atoms with Gasteiger partial charge in [-0.1, -0.05) is 30.3 Å². The molecule has 0 aliphatic carbocycles. The number of hydrogen-bond donors (Lipinski definition) is 1. The molecule has 1 aromatic rings. The molecule has 1 atom stereocenters. The maximum Gasteiger partial charge on any atom is 0.0462 e. The summed E-state index contributed by atoms with van der Waals surface area (Å²) in [5.41, 5.74) is 1.36.